The predicted octanol–water partition coefficient (Wildman–Crippen LogP) is 3.13. The SMILES string of the molecule is COc1ncnc(-c2ccc(F)cc2F)c1C#CBr. The van der Waals surface area contributed by atoms with Gasteiger partial charge in [-0.05, 0) is 22.9 Å². The Labute approximate surface area is 116 Å². The lowest BCUT2D eigenvalue weighted by Crippen LogP contribution is -1.99. The number of hydrogen-bond donors (Lipinski definition) is 0. The van der Waals surface area contributed by atoms with E-state index in [0.717, 1.165) is 12.1 Å². The summed E-state index contributed by atoms with van der Waals surface area (Å²) in [5, 5.41) is 0. The fourth-order valence-corrected chi connectivity index (χ4v) is 1.77. The maximum absolute atomic E-state index is 13.8. The Bertz CT molecular complexity index is 680. The van der Waals surface area contributed by atoms with E-state index in [0.29, 0.717) is 5.56 Å². The highest BCUT2D eigenvalue weighted by Crippen LogP contribution is 2.28. The number of methoxy groups -OCH3 is 1. The molecule has 2 aromatic rings. The summed E-state index contributed by atoms with van der Waals surface area (Å²) in [5.74, 6) is 1.53. The number of hydrogen-bond acceptors (Lipinski definition) is 3. The molecular formula is C13H7BrF2N2O. The lowest BCUT2D eigenvalue weighted by Gasteiger charge is -2.08. The van der Waals surface area contributed by atoms with Crippen molar-refractivity contribution in [1.29, 1.82) is 0 Å². The largest absolute Gasteiger partial charge is 0.480 e. The monoisotopic (exact) mass is 324 g/mol. The lowest BCUT2D eigenvalue weighted by molar-refractivity contribution is 0.395. The van der Waals surface area contributed by atoms with E-state index >= 15 is 0 Å². The molecule has 6 heteroatoms. The first-order chi connectivity index (χ1) is 9.17. The molecule has 0 atom stereocenters. The fraction of sp³-hybridized carbons (Fsp3) is 0.0769. The number of halogens is 3. The summed E-state index contributed by atoms with van der Waals surface area (Å²) in [6, 6.07) is 3.24. The molecule has 0 aliphatic carbocycles. The second-order valence-electron chi connectivity index (χ2n) is 3.45. The van der Waals surface area contributed by atoms with E-state index in [4.69, 9.17) is 4.74 Å². The van der Waals surface area contributed by atoms with E-state index in [1.807, 2.05) is 0 Å². The van der Waals surface area contributed by atoms with E-state index in [1.54, 1.807) is 0 Å². The van der Waals surface area contributed by atoms with Gasteiger partial charge in [-0.1, -0.05) is 0 Å². The van der Waals surface area contributed by atoms with Crippen molar-refractivity contribution >= 4 is 15.9 Å². The molecule has 0 spiro atoms. The third-order valence-electron chi connectivity index (χ3n) is 2.36. The van der Waals surface area contributed by atoms with Crippen molar-refractivity contribution in [2.45, 2.75) is 0 Å². The number of ether oxygens (including phenoxy) is 1. The molecule has 0 radical (unpaired) electrons. The lowest BCUT2D eigenvalue weighted by atomic mass is 10.1. The standard InChI is InChI=1S/C13H7BrF2N2O/c1-19-13-10(4-5-14)12(17-7-18-13)9-3-2-8(15)6-11(9)16/h2-3,6-7H,1H3. The highest BCUT2D eigenvalue weighted by molar-refractivity contribution is 9.12. The van der Waals surface area contributed by atoms with Gasteiger partial charge in [0.05, 0.1) is 12.8 Å². The normalized spacial score (nSPS) is 9.68. The van der Waals surface area contributed by atoms with Crippen molar-refractivity contribution in [3.8, 4) is 27.9 Å². The summed E-state index contributed by atoms with van der Waals surface area (Å²) in [6.45, 7) is 0. The second kappa shape index (κ2) is 5.76. The molecule has 0 aliphatic rings. The molecule has 0 amide bonds. The molecule has 0 N–H and O–H groups in total. The van der Waals surface area contributed by atoms with Gasteiger partial charge in [0, 0.05) is 27.6 Å². The summed E-state index contributed by atoms with van der Waals surface area (Å²) >= 11 is 2.96. The summed E-state index contributed by atoms with van der Waals surface area (Å²) < 4.78 is 31.8. The van der Waals surface area contributed by atoms with Crippen molar-refractivity contribution in [3.05, 3.63) is 41.7 Å². The molecule has 1 heterocycles. The zero-order valence-electron chi connectivity index (χ0n) is 9.75. The van der Waals surface area contributed by atoms with Gasteiger partial charge in [0.15, 0.2) is 0 Å². The third kappa shape index (κ3) is 2.71. The average Bonchev–Trinajstić information content (AvgIpc) is 2.40. The molecule has 0 unspecified atom stereocenters. The van der Waals surface area contributed by atoms with Crippen LogP contribution in [0.4, 0.5) is 8.78 Å². The van der Waals surface area contributed by atoms with Crippen LogP contribution < -0.4 is 4.74 Å². The molecule has 0 bridgehead atoms. The summed E-state index contributed by atoms with van der Waals surface area (Å²) in [7, 11) is 1.42. The Kier molecular flexibility index (Phi) is 4.07. The molecule has 0 saturated carbocycles. The Balaban J connectivity index is 2.70. The van der Waals surface area contributed by atoms with E-state index in [1.165, 1.54) is 19.5 Å². The molecule has 2 rings (SSSR count). The number of benzene rings is 1. The first-order valence-electron chi connectivity index (χ1n) is 5.13. The van der Waals surface area contributed by atoms with Gasteiger partial charge in [-0.2, -0.15) is 0 Å². The molecule has 19 heavy (non-hydrogen) atoms. The van der Waals surface area contributed by atoms with E-state index in [9.17, 15) is 8.78 Å². The van der Waals surface area contributed by atoms with Crippen LogP contribution in [0.5, 0.6) is 5.88 Å². The highest BCUT2D eigenvalue weighted by Gasteiger charge is 2.15. The fourth-order valence-electron chi connectivity index (χ4n) is 1.57. The molecular weight excluding hydrogens is 318 g/mol. The molecule has 1 aromatic heterocycles. The highest BCUT2D eigenvalue weighted by atomic mass is 79.9. The van der Waals surface area contributed by atoms with Crippen molar-refractivity contribution in [2.24, 2.45) is 0 Å². The number of rotatable bonds is 2. The van der Waals surface area contributed by atoms with Gasteiger partial charge < -0.3 is 4.74 Å². The van der Waals surface area contributed by atoms with Crippen LogP contribution in [0, 0.1) is 22.4 Å². The van der Waals surface area contributed by atoms with Crippen molar-refractivity contribution in [3.63, 3.8) is 0 Å². The minimum absolute atomic E-state index is 0.132. The van der Waals surface area contributed by atoms with E-state index in [2.05, 4.69) is 36.6 Å². The first kappa shape index (κ1) is 13.4. The van der Waals surface area contributed by atoms with Crippen LogP contribution in [0.15, 0.2) is 24.5 Å². The van der Waals surface area contributed by atoms with Gasteiger partial charge in [-0.3, -0.25) is 0 Å². The number of nitrogens with zero attached hydrogens (tertiary/aromatic N) is 2. The Morgan fingerprint density at radius 1 is 1.26 bits per heavy atom. The topological polar surface area (TPSA) is 35.0 Å². The van der Waals surface area contributed by atoms with Crippen LogP contribution >= 0.6 is 15.9 Å². The van der Waals surface area contributed by atoms with Crippen molar-refractivity contribution in [2.75, 3.05) is 7.11 Å². The first-order valence-corrected chi connectivity index (χ1v) is 5.92. The Morgan fingerprint density at radius 2 is 2.05 bits per heavy atom. The van der Waals surface area contributed by atoms with Crippen LogP contribution in [0.1, 0.15) is 5.56 Å². The Hall–Kier alpha value is -2.00. The minimum Gasteiger partial charge on any atom is -0.480 e. The zero-order valence-corrected chi connectivity index (χ0v) is 11.3. The number of aromatic nitrogens is 2. The summed E-state index contributed by atoms with van der Waals surface area (Å²) in [6.07, 6.45) is 1.23. The maximum Gasteiger partial charge on any atom is 0.232 e. The van der Waals surface area contributed by atoms with Gasteiger partial charge in [0.25, 0.3) is 0 Å². The quantitative estimate of drug-likeness (QED) is 0.796. The molecule has 3 nitrogen and oxygen atoms in total. The van der Waals surface area contributed by atoms with Crippen molar-refractivity contribution < 1.29 is 13.5 Å². The summed E-state index contributed by atoms with van der Waals surface area (Å²) in [4.78, 5) is 10.4. The van der Waals surface area contributed by atoms with Gasteiger partial charge in [0.2, 0.25) is 5.88 Å². The van der Waals surface area contributed by atoms with Crippen LogP contribution in [0.25, 0.3) is 11.3 Å². The van der Waals surface area contributed by atoms with Crippen LogP contribution in [0.3, 0.4) is 0 Å². The van der Waals surface area contributed by atoms with E-state index < -0.39 is 11.6 Å². The average molecular weight is 325 g/mol. The third-order valence-corrected chi connectivity index (χ3v) is 2.56. The summed E-state index contributed by atoms with van der Waals surface area (Å²) in [5.41, 5.74) is 0.705. The Morgan fingerprint density at radius 3 is 2.68 bits per heavy atom. The predicted molar refractivity (Wildman–Crippen MR) is 69.7 cm³/mol. The molecule has 0 aliphatic heterocycles. The van der Waals surface area contributed by atoms with Crippen LogP contribution in [0.2, 0.25) is 0 Å². The van der Waals surface area contributed by atoms with Gasteiger partial charge in [0.1, 0.15) is 23.5 Å². The molecule has 0 fully saturated rings. The van der Waals surface area contributed by atoms with Crippen LogP contribution in [-0.2, 0) is 0 Å². The van der Waals surface area contributed by atoms with Crippen molar-refractivity contribution in [1.82, 2.24) is 9.97 Å². The molecule has 1 aromatic carbocycles. The second-order valence-corrected chi connectivity index (χ2v) is 3.85. The minimum atomic E-state index is -0.724. The van der Waals surface area contributed by atoms with Crippen LogP contribution in [-0.4, -0.2) is 17.1 Å². The van der Waals surface area contributed by atoms with Gasteiger partial charge in [-0.15, -0.1) is 0 Å². The maximum atomic E-state index is 13.8. The zero-order chi connectivity index (χ0) is 13.8. The molecule has 0 saturated heterocycles. The van der Waals surface area contributed by atoms with E-state index in [-0.39, 0.29) is 17.1 Å². The molecule has 96 valence electrons. The smallest absolute Gasteiger partial charge is 0.232 e. The van der Waals surface area contributed by atoms with Gasteiger partial charge in [-0.25, -0.2) is 18.7 Å². The van der Waals surface area contributed by atoms with Gasteiger partial charge >= 0.3 is 0 Å².